The third kappa shape index (κ3) is 64.6. The van der Waals surface area contributed by atoms with Crippen molar-refractivity contribution in [3.8, 4) is 0 Å². The van der Waals surface area contributed by atoms with E-state index in [0.717, 1.165) is 115 Å². The Balaban J connectivity index is 5.29. The first-order valence-corrected chi connectivity index (χ1v) is 39.8. The van der Waals surface area contributed by atoms with Crippen LogP contribution in [0.3, 0.4) is 0 Å². The van der Waals surface area contributed by atoms with Crippen molar-refractivity contribution in [1.29, 1.82) is 0 Å². The van der Waals surface area contributed by atoms with E-state index in [9.17, 15) is 43.2 Å². The lowest BCUT2D eigenvalue weighted by atomic mass is 9.99. The number of aliphatic hydroxyl groups is 1. The van der Waals surface area contributed by atoms with Crippen LogP contribution >= 0.6 is 15.6 Å². The second kappa shape index (κ2) is 63.6. The summed E-state index contributed by atoms with van der Waals surface area (Å²) in [4.78, 5) is 72.6. The van der Waals surface area contributed by atoms with Gasteiger partial charge < -0.3 is 33.8 Å². The number of esters is 4. The van der Waals surface area contributed by atoms with Crippen molar-refractivity contribution in [2.45, 2.75) is 362 Å². The summed E-state index contributed by atoms with van der Waals surface area (Å²) in [7, 11) is -9.92. The second-order valence-corrected chi connectivity index (χ2v) is 28.9. The fraction of sp³-hybridized carbons (Fsp3) is 0.889. The maximum atomic E-state index is 13.0. The highest BCUT2D eigenvalue weighted by Gasteiger charge is 2.30. The lowest BCUT2D eigenvalue weighted by molar-refractivity contribution is -0.161. The van der Waals surface area contributed by atoms with E-state index in [0.29, 0.717) is 31.6 Å². The molecule has 0 fully saturated rings. The lowest BCUT2D eigenvalue weighted by Crippen LogP contribution is -2.30. The number of carbonyl (C=O) groups excluding carboxylic acids is 4. The van der Waals surface area contributed by atoms with Crippen LogP contribution in [-0.4, -0.2) is 96.7 Å². The molecule has 536 valence electrons. The number of ether oxygens (including phenoxy) is 4. The quantitative estimate of drug-likeness (QED) is 0.0169. The van der Waals surface area contributed by atoms with Crippen LogP contribution < -0.4 is 0 Å². The highest BCUT2D eigenvalue weighted by atomic mass is 31.2. The first-order chi connectivity index (χ1) is 43.9. The normalized spacial score (nSPS) is 14.6. The Bertz CT molecular complexity index is 1860. The maximum absolute atomic E-state index is 13.0. The summed E-state index contributed by atoms with van der Waals surface area (Å²) in [5.74, 6) is -0.668. The van der Waals surface area contributed by atoms with Crippen molar-refractivity contribution < 1.29 is 80.2 Å². The van der Waals surface area contributed by atoms with Crippen LogP contribution in [0.4, 0.5) is 0 Å². The number of phosphoric ester groups is 2. The molecule has 19 heteroatoms. The van der Waals surface area contributed by atoms with Crippen molar-refractivity contribution >= 4 is 39.5 Å². The van der Waals surface area contributed by atoms with Crippen LogP contribution in [0.1, 0.15) is 343 Å². The number of hydrogen-bond acceptors (Lipinski definition) is 15. The molecule has 6 atom stereocenters. The monoisotopic (exact) mass is 1330 g/mol. The van der Waals surface area contributed by atoms with Crippen molar-refractivity contribution in [2.24, 2.45) is 11.8 Å². The highest BCUT2D eigenvalue weighted by Crippen LogP contribution is 2.45. The van der Waals surface area contributed by atoms with Crippen LogP contribution in [0.2, 0.25) is 0 Å². The average molecular weight is 1340 g/mol. The van der Waals surface area contributed by atoms with Crippen molar-refractivity contribution in [1.82, 2.24) is 0 Å². The molecule has 3 N–H and O–H groups in total. The largest absolute Gasteiger partial charge is 0.472 e. The number of hydrogen-bond donors (Lipinski definition) is 3. The van der Waals surface area contributed by atoms with Gasteiger partial charge in [-0.15, -0.1) is 0 Å². The lowest BCUT2D eigenvalue weighted by Gasteiger charge is -2.21. The molecule has 0 amide bonds. The molecule has 0 spiro atoms. The zero-order valence-corrected chi connectivity index (χ0v) is 60.4. The van der Waals surface area contributed by atoms with Gasteiger partial charge >= 0.3 is 39.5 Å². The molecule has 0 bridgehead atoms. The Labute approximate surface area is 554 Å². The van der Waals surface area contributed by atoms with Gasteiger partial charge in [0.25, 0.3) is 0 Å². The second-order valence-electron chi connectivity index (χ2n) is 26.0. The van der Waals surface area contributed by atoms with Crippen molar-refractivity contribution in [3.05, 3.63) is 24.3 Å². The first kappa shape index (κ1) is 88.5. The summed E-state index contributed by atoms with van der Waals surface area (Å²) in [6.45, 7) is 9.44. The number of allylic oxidation sites excluding steroid dienone is 4. The molecule has 0 saturated carbocycles. The fourth-order valence-corrected chi connectivity index (χ4v) is 12.0. The Hall–Kier alpha value is -2.46. The Morgan fingerprint density at radius 3 is 0.989 bits per heavy atom. The van der Waals surface area contributed by atoms with Gasteiger partial charge in [-0.05, 0) is 63.2 Å². The average Bonchev–Trinajstić information content (AvgIpc) is 3.47. The zero-order valence-electron chi connectivity index (χ0n) is 58.6. The number of unbranched alkanes of at least 4 members (excludes halogenated alkanes) is 35. The number of aliphatic hydroxyl groups excluding tert-OH is 1. The van der Waals surface area contributed by atoms with Gasteiger partial charge in [0.15, 0.2) is 12.2 Å². The topological polar surface area (TPSA) is 237 Å². The predicted octanol–water partition coefficient (Wildman–Crippen LogP) is 20.3. The smallest absolute Gasteiger partial charge is 0.462 e. The van der Waals surface area contributed by atoms with Gasteiger partial charge in [0, 0.05) is 25.7 Å². The van der Waals surface area contributed by atoms with Crippen molar-refractivity contribution in [3.63, 3.8) is 0 Å². The molecular weight excluding hydrogens is 1200 g/mol. The summed E-state index contributed by atoms with van der Waals surface area (Å²) in [6.07, 6.45) is 52.1. The highest BCUT2D eigenvalue weighted by molar-refractivity contribution is 7.47. The molecule has 0 heterocycles. The number of phosphoric acid groups is 2. The van der Waals surface area contributed by atoms with E-state index in [1.807, 2.05) is 0 Å². The molecule has 0 radical (unpaired) electrons. The minimum absolute atomic E-state index is 0.0847. The molecule has 0 aliphatic heterocycles. The van der Waals surface area contributed by atoms with Gasteiger partial charge in [-0.3, -0.25) is 37.3 Å². The molecule has 0 aromatic carbocycles. The number of carbonyl (C=O) groups is 4. The molecule has 0 rings (SSSR count). The molecular formula is C72H136O17P2. The Morgan fingerprint density at radius 2 is 0.648 bits per heavy atom. The van der Waals surface area contributed by atoms with Crippen LogP contribution in [0.5, 0.6) is 0 Å². The molecule has 0 aliphatic carbocycles. The third-order valence-electron chi connectivity index (χ3n) is 16.4. The SMILES string of the molecule is CCCCCC/C=C\C=C/CCCCCCCC(=O)O[C@H](COC(=O)CCCCCCCCCCCCC(C)CC)COP(=O)(O)OC[C@@H](O)COP(=O)(O)OC[C@@H](COC(=O)CCCCCCCCC(C)C)OC(=O)CCCCCCCCCCCCCCC. The molecule has 0 aliphatic rings. The molecule has 3 unspecified atom stereocenters. The Kier molecular flexibility index (Phi) is 61.9. The maximum Gasteiger partial charge on any atom is 0.472 e. The fourth-order valence-electron chi connectivity index (χ4n) is 10.4. The molecule has 91 heavy (non-hydrogen) atoms. The molecule has 0 saturated heterocycles. The predicted molar refractivity (Wildman–Crippen MR) is 367 cm³/mol. The standard InChI is InChI=1S/C72H136O17P2/c1-7-10-12-14-16-18-20-22-23-25-27-33-37-45-51-57-71(76)88-67(60-82-69(74)54-48-42-35-31-29-28-30-34-41-47-53-65(6)9-3)62-86-90(78,79)84-58-66(73)59-85-91(80,81)87-63-68(61-83-70(75)55-49-43-39-38-40-46-52-64(4)5)89-72(77)56-50-44-36-32-26-24-21-19-17-15-13-11-8-2/h18,20,22-23,64-68,73H,7-17,19,21,24-63H2,1-6H3,(H,78,79)(H,80,81)/b20-18-,23-22-/t65?,66-,67-,68-/m1/s1. The summed E-state index contributed by atoms with van der Waals surface area (Å²) in [5, 5.41) is 10.6. The van der Waals surface area contributed by atoms with Crippen LogP contribution in [0.25, 0.3) is 0 Å². The van der Waals surface area contributed by atoms with Crippen LogP contribution in [0.15, 0.2) is 24.3 Å². The molecule has 0 aromatic heterocycles. The van der Waals surface area contributed by atoms with E-state index >= 15 is 0 Å². The van der Waals surface area contributed by atoms with Crippen molar-refractivity contribution in [2.75, 3.05) is 39.6 Å². The van der Waals surface area contributed by atoms with E-state index < -0.39 is 97.5 Å². The third-order valence-corrected chi connectivity index (χ3v) is 18.3. The summed E-state index contributed by atoms with van der Waals surface area (Å²) < 4.78 is 68.3. The molecule has 0 aromatic rings. The minimum Gasteiger partial charge on any atom is -0.462 e. The van der Waals surface area contributed by atoms with Gasteiger partial charge in [0.1, 0.15) is 19.3 Å². The van der Waals surface area contributed by atoms with Crippen LogP contribution in [0, 0.1) is 11.8 Å². The summed E-state index contributed by atoms with van der Waals surface area (Å²) in [6, 6.07) is 0. The van der Waals surface area contributed by atoms with Gasteiger partial charge in [-0.2, -0.15) is 0 Å². The van der Waals surface area contributed by atoms with Gasteiger partial charge in [0.2, 0.25) is 0 Å². The van der Waals surface area contributed by atoms with E-state index in [1.54, 1.807) is 0 Å². The minimum atomic E-state index is -4.96. The van der Waals surface area contributed by atoms with E-state index in [2.05, 4.69) is 65.8 Å². The van der Waals surface area contributed by atoms with Gasteiger partial charge in [0.05, 0.1) is 26.4 Å². The van der Waals surface area contributed by atoms with Crippen LogP contribution in [-0.2, 0) is 65.4 Å². The number of rotatable bonds is 69. The van der Waals surface area contributed by atoms with E-state index in [1.165, 1.54) is 141 Å². The van der Waals surface area contributed by atoms with Gasteiger partial charge in [-0.25, -0.2) is 9.13 Å². The van der Waals surface area contributed by atoms with E-state index in [-0.39, 0.29) is 25.7 Å². The first-order valence-electron chi connectivity index (χ1n) is 36.8. The summed E-state index contributed by atoms with van der Waals surface area (Å²) in [5.41, 5.74) is 0. The Morgan fingerprint density at radius 1 is 0.363 bits per heavy atom. The molecule has 17 nitrogen and oxygen atoms in total. The zero-order chi connectivity index (χ0) is 67.2. The summed E-state index contributed by atoms with van der Waals surface area (Å²) >= 11 is 0. The van der Waals surface area contributed by atoms with E-state index in [4.69, 9.17) is 37.0 Å². The van der Waals surface area contributed by atoms with Gasteiger partial charge in [-0.1, -0.05) is 291 Å².